The molecule has 1 aromatic carbocycles. The van der Waals surface area contributed by atoms with E-state index in [0.717, 1.165) is 56.7 Å². The van der Waals surface area contributed by atoms with Gasteiger partial charge in [0.15, 0.2) is 11.5 Å². The maximum absolute atomic E-state index is 12.0. The maximum Gasteiger partial charge on any atom is 0.165 e. The van der Waals surface area contributed by atoms with Crippen LogP contribution in [0.3, 0.4) is 0 Å². The van der Waals surface area contributed by atoms with E-state index in [0.29, 0.717) is 5.75 Å². The molecule has 0 radical (unpaired) electrons. The number of rotatable bonds is 2. The van der Waals surface area contributed by atoms with Gasteiger partial charge in [-0.3, -0.25) is 4.90 Å². The van der Waals surface area contributed by atoms with Crippen molar-refractivity contribution >= 4 is 0 Å². The summed E-state index contributed by atoms with van der Waals surface area (Å²) < 4.78 is 6.27. The quantitative estimate of drug-likeness (QED) is 0.875. The summed E-state index contributed by atoms with van der Waals surface area (Å²) in [6, 6.07) is 4.07. The minimum Gasteiger partial charge on any atom is -0.504 e. The number of piperidine rings is 1. The lowest BCUT2D eigenvalue weighted by molar-refractivity contribution is -0.185. The summed E-state index contributed by atoms with van der Waals surface area (Å²) in [6.45, 7) is 2.20. The van der Waals surface area contributed by atoms with Crippen LogP contribution >= 0.6 is 0 Å². The third kappa shape index (κ3) is 1.45. The van der Waals surface area contributed by atoms with Crippen LogP contribution in [-0.2, 0) is 11.8 Å². The van der Waals surface area contributed by atoms with Crippen LogP contribution in [0, 0.1) is 5.92 Å². The summed E-state index contributed by atoms with van der Waals surface area (Å²) in [5.74, 6) is 1.77. The van der Waals surface area contributed by atoms with Gasteiger partial charge in [-0.2, -0.15) is 0 Å². The molecule has 5 aliphatic rings. The zero-order valence-corrected chi connectivity index (χ0v) is 14.0. The molecule has 0 amide bonds. The molecule has 4 atom stereocenters. The van der Waals surface area contributed by atoms with Crippen LogP contribution in [0.25, 0.3) is 0 Å². The molecule has 2 N–H and O–H groups in total. The molecule has 6 rings (SSSR count). The fourth-order valence-electron chi connectivity index (χ4n) is 6.48. The number of phenolic OH excluding ortho intramolecular Hbond substituents is 1. The van der Waals surface area contributed by atoms with Crippen molar-refractivity contribution in [3.63, 3.8) is 0 Å². The highest BCUT2D eigenvalue weighted by Gasteiger charge is 2.71. The minimum absolute atomic E-state index is 0.0316. The average molecular weight is 327 g/mol. The largest absolute Gasteiger partial charge is 0.504 e. The van der Waals surface area contributed by atoms with Gasteiger partial charge in [-0.25, -0.2) is 0 Å². The van der Waals surface area contributed by atoms with Gasteiger partial charge in [0.25, 0.3) is 0 Å². The Kier molecular flexibility index (Phi) is 2.49. The normalized spacial score (nSPS) is 42.5. The summed E-state index contributed by atoms with van der Waals surface area (Å²) in [5, 5.41) is 22.4. The highest BCUT2D eigenvalue weighted by Crippen LogP contribution is 2.65. The summed E-state index contributed by atoms with van der Waals surface area (Å²) in [7, 11) is 0. The van der Waals surface area contributed by atoms with Crippen molar-refractivity contribution < 1.29 is 14.9 Å². The van der Waals surface area contributed by atoms with Gasteiger partial charge in [-0.15, -0.1) is 0 Å². The Morgan fingerprint density at radius 1 is 1.21 bits per heavy atom. The molecule has 3 fully saturated rings. The SMILES string of the molecule is Oc1ccc2c3c1OC1CCCC4(O)[C@@H](C2)N(CC2CC2)CC[C@]314. The number of benzene rings is 1. The second-order valence-corrected chi connectivity index (χ2v) is 8.75. The molecule has 2 saturated carbocycles. The van der Waals surface area contributed by atoms with E-state index in [2.05, 4.69) is 11.0 Å². The van der Waals surface area contributed by atoms with Crippen molar-refractivity contribution in [1.29, 1.82) is 0 Å². The summed E-state index contributed by atoms with van der Waals surface area (Å²) in [4.78, 5) is 2.58. The van der Waals surface area contributed by atoms with E-state index in [1.54, 1.807) is 6.07 Å². The van der Waals surface area contributed by atoms with E-state index in [1.807, 2.05) is 0 Å². The molecule has 0 aromatic heterocycles. The third-order valence-corrected chi connectivity index (χ3v) is 7.66. The standard InChI is InChI=1S/C20H25NO3/c22-14-6-5-13-10-15-20(23)7-1-2-16-19(20,17(13)18(14)24-16)8-9-21(15)11-12-3-4-12/h5-6,12,15-16,22-23H,1-4,7-11H2/t15-,16?,19-,20?/m1/s1. The molecule has 1 spiro atoms. The van der Waals surface area contributed by atoms with Gasteiger partial charge in [0, 0.05) is 18.2 Å². The first-order valence-electron chi connectivity index (χ1n) is 9.62. The lowest BCUT2D eigenvalue weighted by Crippen LogP contribution is -2.75. The third-order valence-electron chi connectivity index (χ3n) is 7.66. The number of aromatic hydroxyl groups is 1. The second-order valence-electron chi connectivity index (χ2n) is 8.75. The van der Waals surface area contributed by atoms with Crippen molar-refractivity contribution in [2.45, 2.75) is 68.1 Å². The smallest absolute Gasteiger partial charge is 0.165 e. The van der Waals surface area contributed by atoms with Gasteiger partial charge in [-0.05, 0) is 69.0 Å². The molecule has 2 aliphatic heterocycles. The van der Waals surface area contributed by atoms with Crippen molar-refractivity contribution in [3.05, 3.63) is 23.3 Å². The molecule has 2 heterocycles. The molecule has 128 valence electrons. The van der Waals surface area contributed by atoms with Crippen LogP contribution in [0.2, 0.25) is 0 Å². The summed E-state index contributed by atoms with van der Waals surface area (Å²) in [6.07, 6.45) is 7.47. The number of hydrogen-bond donors (Lipinski definition) is 2. The van der Waals surface area contributed by atoms with E-state index in [4.69, 9.17) is 4.74 Å². The lowest BCUT2D eigenvalue weighted by Gasteiger charge is -2.63. The molecule has 1 aromatic rings. The Balaban J connectivity index is 1.56. The number of ether oxygens (including phenoxy) is 1. The van der Waals surface area contributed by atoms with E-state index in [1.165, 1.54) is 18.4 Å². The fourth-order valence-corrected chi connectivity index (χ4v) is 6.48. The number of hydrogen-bond acceptors (Lipinski definition) is 4. The Morgan fingerprint density at radius 2 is 2.08 bits per heavy atom. The van der Waals surface area contributed by atoms with Crippen molar-refractivity contribution in [3.8, 4) is 11.5 Å². The fraction of sp³-hybridized carbons (Fsp3) is 0.700. The topological polar surface area (TPSA) is 52.9 Å². The zero-order valence-electron chi connectivity index (χ0n) is 14.0. The number of nitrogens with zero attached hydrogens (tertiary/aromatic N) is 1. The van der Waals surface area contributed by atoms with Gasteiger partial charge in [0.1, 0.15) is 6.10 Å². The van der Waals surface area contributed by atoms with Crippen molar-refractivity contribution in [1.82, 2.24) is 4.90 Å². The van der Waals surface area contributed by atoms with Gasteiger partial charge in [-0.1, -0.05) is 6.07 Å². The number of likely N-dealkylation sites (tertiary alicyclic amines) is 1. The molecular weight excluding hydrogens is 302 g/mol. The van der Waals surface area contributed by atoms with Crippen LogP contribution in [-0.4, -0.2) is 45.9 Å². The Morgan fingerprint density at radius 3 is 2.92 bits per heavy atom. The van der Waals surface area contributed by atoms with E-state index in [9.17, 15) is 10.2 Å². The molecule has 2 unspecified atom stereocenters. The molecular formula is C20H25NO3. The van der Waals surface area contributed by atoms with E-state index >= 15 is 0 Å². The summed E-state index contributed by atoms with van der Waals surface area (Å²) >= 11 is 0. The molecule has 2 bridgehead atoms. The first kappa shape index (κ1) is 14.0. The Labute approximate surface area is 142 Å². The predicted molar refractivity (Wildman–Crippen MR) is 89.4 cm³/mol. The van der Waals surface area contributed by atoms with Gasteiger partial charge in [0.2, 0.25) is 0 Å². The highest BCUT2D eigenvalue weighted by atomic mass is 16.5. The van der Waals surface area contributed by atoms with E-state index < -0.39 is 5.60 Å². The average Bonchev–Trinajstić information content (AvgIpc) is 3.30. The van der Waals surface area contributed by atoms with Gasteiger partial charge in [0.05, 0.1) is 11.0 Å². The molecule has 3 aliphatic carbocycles. The first-order chi connectivity index (χ1) is 11.6. The molecule has 1 saturated heterocycles. The number of aliphatic hydroxyl groups is 1. The number of phenols is 1. The summed E-state index contributed by atoms with van der Waals surface area (Å²) in [5.41, 5.74) is 1.45. The molecule has 4 nitrogen and oxygen atoms in total. The van der Waals surface area contributed by atoms with Crippen molar-refractivity contribution in [2.24, 2.45) is 5.92 Å². The van der Waals surface area contributed by atoms with Gasteiger partial charge >= 0.3 is 0 Å². The highest BCUT2D eigenvalue weighted by molar-refractivity contribution is 5.62. The Bertz CT molecular complexity index is 730. The van der Waals surface area contributed by atoms with Crippen LogP contribution in [0.15, 0.2) is 12.1 Å². The Hall–Kier alpha value is -1.26. The zero-order chi connectivity index (χ0) is 16.1. The predicted octanol–water partition coefficient (Wildman–Crippen LogP) is 2.35. The van der Waals surface area contributed by atoms with Crippen LogP contribution in [0.1, 0.15) is 49.7 Å². The van der Waals surface area contributed by atoms with Crippen LogP contribution in [0.5, 0.6) is 11.5 Å². The van der Waals surface area contributed by atoms with Crippen LogP contribution < -0.4 is 4.74 Å². The molecule has 4 heteroatoms. The van der Waals surface area contributed by atoms with E-state index in [-0.39, 0.29) is 23.3 Å². The minimum atomic E-state index is -0.699. The van der Waals surface area contributed by atoms with Crippen molar-refractivity contribution in [2.75, 3.05) is 13.1 Å². The second kappa shape index (κ2) is 4.28. The van der Waals surface area contributed by atoms with Crippen LogP contribution in [0.4, 0.5) is 0 Å². The lowest BCUT2D eigenvalue weighted by atomic mass is 9.49. The maximum atomic E-state index is 12.0. The first-order valence-corrected chi connectivity index (χ1v) is 9.62. The van der Waals surface area contributed by atoms with Gasteiger partial charge < -0.3 is 14.9 Å². The monoisotopic (exact) mass is 327 g/mol. The molecule has 24 heavy (non-hydrogen) atoms.